The van der Waals surface area contributed by atoms with Crippen LogP contribution in [0.5, 0.6) is 0 Å². The molecule has 0 radical (unpaired) electrons. The summed E-state index contributed by atoms with van der Waals surface area (Å²) in [6, 6.07) is 5.60. The van der Waals surface area contributed by atoms with Crippen molar-refractivity contribution in [3.63, 3.8) is 0 Å². The summed E-state index contributed by atoms with van der Waals surface area (Å²) in [6.07, 6.45) is 13.5. The third kappa shape index (κ3) is 5.78. The standard InChI is InChI=1S/C39H58N2O2/c1-15-34(7,8)29-23-27(5)38(42,31(25-29)36(11,12)17-3)41(33-21-19-20-22-40-33)39(43)28(6)24-30(35(9,10)16-2)26-32(39)37(13,14)18-4/h19-26,42-43H,5-6,15-18H2,1-4,7-14H3. The monoisotopic (exact) mass is 586 g/mol. The van der Waals surface area contributed by atoms with Crippen molar-refractivity contribution in [2.24, 2.45) is 21.7 Å². The Bertz CT molecular complexity index is 1280. The van der Waals surface area contributed by atoms with Gasteiger partial charge in [0.2, 0.25) is 0 Å². The van der Waals surface area contributed by atoms with Crippen LogP contribution in [-0.2, 0) is 0 Å². The fourth-order valence-electron chi connectivity index (χ4n) is 6.00. The molecule has 0 spiro atoms. The summed E-state index contributed by atoms with van der Waals surface area (Å²) >= 11 is 0. The average Bonchev–Trinajstić information content (AvgIpc) is 2.96. The van der Waals surface area contributed by atoms with Gasteiger partial charge < -0.3 is 10.2 Å². The van der Waals surface area contributed by atoms with Crippen molar-refractivity contribution in [2.75, 3.05) is 4.90 Å². The number of aromatic nitrogens is 1. The number of aliphatic hydroxyl groups is 2. The molecule has 0 saturated carbocycles. The number of rotatable bonds is 11. The molecule has 0 aliphatic heterocycles. The highest BCUT2D eigenvalue weighted by molar-refractivity contribution is 5.67. The molecule has 43 heavy (non-hydrogen) atoms. The van der Waals surface area contributed by atoms with Crippen LogP contribution in [0.25, 0.3) is 0 Å². The Morgan fingerprint density at radius 1 is 0.628 bits per heavy atom. The maximum absolute atomic E-state index is 13.4. The van der Waals surface area contributed by atoms with Crippen molar-refractivity contribution >= 4 is 5.82 Å². The van der Waals surface area contributed by atoms with Gasteiger partial charge in [-0.3, -0.25) is 4.90 Å². The van der Waals surface area contributed by atoms with Crippen molar-refractivity contribution in [3.05, 3.63) is 95.3 Å². The molecule has 1 heterocycles. The number of allylic oxidation sites excluding steroid dienone is 4. The Morgan fingerprint density at radius 3 is 1.30 bits per heavy atom. The summed E-state index contributed by atoms with van der Waals surface area (Å²) in [6.45, 7) is 35.2. The zero-order valence-electron chi connectivity index (χ0n) is 29.2. The molecular formula is C39H58N2O2. The predicted octanol–water partition coefficient (Wildman–Crippen LogP) is 9.86. The average molecular weight is 587 g/mol. The second kappa shape index (κ2) is 11.7. The Kier molecular flexibility index (Phi) is 9.44. The molecule has 0 saturated heterocycles. The third-order valence-electron chi connectivity index (χ3n) is 11.0. The lowest BCUT2D eigenvalue weighted by Gasteiger charge is -2.58. The van der Waals surface area contributed by atoms with E-state index in [4.69, 9.17) is 4.98 Å². The van der Waals surface area contributed by atoms with Crippen molar-refractivity contribution in [1.82, 2.24) is 4.98 Å². The van der Waals surface area contributed by atoms with E-state index in [1.165, 1.54) is 0 Å². The van der Waals surface area contributed by atoms with Crippen LogP contribution in [0.2, 0.25) is 0 Å². The van der Waals surface area contributed by atoms with Gasteiger partial charge in [0, 0.05) is 17.3 Å². The smallest absolute Gasteiger partial charge is 0.191 e. The maximum Gasteiger partial charge on any atom is 0.191 e. The first kappa shape index (κ1) is 34.8. The van der Waals surface area contributed by atoms with Crippen LogP contribution in [0.3, 0.4) is 0 Å². The molecule has 4 heteroatoms. The minimum Gasteiger partial charge on any atom is -0.363 e. The summed E-state index contributed by atoms with van der Waals surface area (Å²) in [5, 5.41) is 26.8. The molecule has 0 amide bonds. The molecule has 2 unspecified atom stereocenters. The zero-order valence-corrected chi connectivity index (χ0v) is 29.2. The highest BCUT2D eigenvalue weighted by atomic mass is 16.4. The van der Waals surface area contributed by atoms with Gasteiger partial charge in [-0.15, -0.1) is 0 Å². The lowest BCUT2D eigenvalue weighted by Crippen LogP contribution is -2.67. The summed E-state index contributed by atoms with van der Waals surface area (Å²) in [7, 11) is 0. The van der Waals surface area contributed by atoms with Gasteiger partial charge in [-0.25, -0.2) is 4.98 Å². The van der Waals surface area contributed by atoms with E-state index in [1.807, 2.05) is 30.4 Å². The number of hydrogen-bond acceptors (Lipinski definition) is 4. The molecule has 0 fully saturated rings. The fraction of sp³-hybridized carbons (Fsp3) is 0.564. The lowest BCUT2D eigenvalue weighted by atomic mass is 9.64. The molecule has 3 rings (SSSR count). The summed E-state index contributed by atoms with van der Waals surface area (Å²) in [5.74, 6) is 0.448. The van der Waals surface area contributed by atoms with Gasteiger partial charge in [0.25, 0.3) is 0 Å². The molecule has 2 aliphatic rings. The van der Waals surface area contributed by atoms with Gasteiger partial charge in [-0.1, -0.05) is 127 Å². The van der Waals surface area contributed by atoms with E-state index >= 15 is 0 Å². The molecule has 0 bridgehead atoms. The molecule has 4 nitrogen and oxygen atoms in total. The Labute approximate surface area is 262 Å². The number of hydrogen-bond donors (Lipinski definition) is 2. The highest BCUT2D eigenvalue weighted by Crippen LogP contribution is 2.56. The normalized spacial score (nSPS) is 23.9. The van der Waals surface area contributed by atoms with Gasteiger partial charge >= 0.3 is 0 Å². The van der Waals surface area contributed by atoms with Crippen LogP contribution >= 0.6 is 0 Å². The van der Waals surface area contributed by atoms with E-state index in [0.717, 1.165) is 48.0 Å². The Hall–Kier alpha value is -2.69. The van der Waals surface area contributed by atoms with Crippen LogP contribution in [-0.4, -0.2) is 26.6 Å². The largest absolute Gasteiger partial charge is 0.363 e. The quantitative estimate of drug-likeness (QED) is 0.253. The maximum atomic E-state index is 13.4. The van der Waals surface area contributed by atoms with Crippen LogP contribution in [0.4, 0.5) is 5.82 Å². The van der Waals surface area contributed by atoms with Crippen LogP contribution in [0, 0.1) is 21.7 Å². The molecule has 2 aliphatic carbocycles. The number of nitrogens with zero attached hydrogens (tertiary/aromatic N) is 2. The van der Waals surface area contributed by atoms with E-state index in [0.29, 0.717) is 17.0 Å². The molecule has 2 N–H and O–H groups in total. The van der Waals surface area contributed by atoms with Gasteiger partial charge in [0.05, 0.1) is 0 Å². The first-order chi connectivity index (χ1) is 19.7. The predicted molar refractivity (Wildman–Crippen MR) is 184 cm³/mol. The van der Waals surface area contributed by atoms with Crippen molar-refractivity contribution in [3.8, 4) is 0 Å². The van der Waals surface area contributed by atoms with E-state index in [2.05, 4.69) is 108 Å². The third-order valence-corrected chi connectivity index (χ3v) is 11.0. The molecular weight excluding hydrogens is 528 g/mol. The van der Waals surface area contributed by atoms with Gasteiger partial charge in [-0.2, -0.15) is 0 Å². The first-order valence-corrected chi connectivity index (χ1v) is 16.1. The number of pyridine rings is 1. The topological polar surface area (TPSA) is 56.6 Å². The first-order valence-electron chi connectivity index (χ1n) is 16.1. The van der Waals surface area contributed by atoms with E-state index in [-0.39, 0.29) is 10.8 Å². The zero-order chi connectivity index (χ0) is 32.8. The summed E-state index contributed by atoms with van der Waals surface area (Å²) in [5.41, 5.74) is 0.109. The van der Waals surface area contributed by atoms with Crippen LogP contribution < -0.4 is 4.90 Å². The lowest BCUT2D eigenvalue weighted by molar-refractivity contribution is 0.000371. The fourth-order valence-corrected chi connectivity index (χ4v) is 6.00. The van der Waals surface area contributed by atoms with Crippen molar-refractivity contribution in [2.45, 2.75) is 120 Å². The summed E-state index contributed by atoms with van der Waals surface area (Å²) < 4.78 is 0. The van der Waals surface area contributed by atoms with E-state index in [9.17, 15) is 10.2 Å². The van der Waals surface area contributed by atoms with Gasteiger partial charge in [0.1, 0.15) is 5.82 Å². The molecule has 1 aromatic rings. The second-order valence-corrected chi connectivity index (χ2v) is 15.2. The van der Waals surface area contributed by atoms with E-state index < -0.39 is 22.3 Å². The van der Waals surface area contributed by atoms with Crippen molar-refractivity contribution < 1.29 is 10.2 Å². The van der Waals surface area contributed by atoms with Crippen LogP contribution in [0.1, 0.15) is 109 Å². The molecule has 1 aromatic heterocycles. The highest BCUT2D eigenvalue weighted by Gasteiger charge is 2.59. The molecule has 236 valence electrons. The SMILES string of the molecule is C=C1C=C(C(C)(C)CC)C=C(C(C)(C)CC)C1(O)N(c1ccccn1)C1(O)C(=C)C=C(C(C)(C)CC)C=C1C(C)(C)CC. The van der Waals surface area contributed by atoms with E-state index in [1.54, 1.807) is 11.1 Å². The Morgan fingerprint density at radius 2 is 1.00 bits per heavy atom. The Balaban J connectivity index is 2.51. The minimum atomic E-state index is -1.80. The molecule has 2 atom stereocenters. The minimum absolute atomic E-state index is 0.126. The van der Waals surface area contributed by atoms with Gasteiger partial charge in [0.15, 0.2) is 11.4 Å². The van der Waals surface area contributed by atoms with Crippen LogP contribution in [0.15, 0.2) is 95.3 Å². The molecule has 0 aromatic carbocycles. The second-order valence-electron chi connectivity index (χ2n) is 15.2. The van der Waals surface area contributed by atoms with Gasteiger partial charge in [-0.05, 0) is 81.8 Å². The summed E-state index contributed by atoms with van der Waals surface area (Å²) in [4.78, 5) is 6.47. The number of anilines is 1. The van der Waals surface area contributed by atoms with Crippen molar-refractivity contribution in [1.29, 1.82) is 0 Å².